The SMILES string of the molecule is CCCCCOC(=O)/C=C/C(=O)Nc1ccc(Cl)cc1. The number of nitrogens with one attached hydrogen (secondary N) is 1. The molecule has 0 aliphatic carbocycles. The van der Waals surface area contributed by atoms with E-state index in [9.17, 15) is 9.59 Å². The van der Waals surface area contributed by atoms with Gasteiger partial charge in [0, 0.05) is 22.9 Å². The Balaban J connectivity index is 2.32. The molecule has 0 saturated carbocycles. The zero-order valence-electron chi connectivity index (χ0n) is 11.4. The van der Waals surface area contributed by atoms with Crippen LogP contribution in [-0.4, -0.2) is 18.5 Å². The minimum atomic E-state index is -0.507. The van der Waals surface area contributed by atoms with E-state index in [1.54, 1.807) is 24.3 Å². The van der Waals surface area contributed by atoms with Crippen LogP contribution in [0.25, 0.3) is 0 Å². The molecule has 0 heterocycles. The van der Waals surface area contributed by atoms with E-state index in [1.807, 2.05) is 0 Å². The molecule has 20 heavy (non-hydrogen) atoms. The maximum Gasteiger partial charge on any atom is 0.330 e. The Morgan fingerprint density at radius 2 is 1.90 bits per heavy atom. The lowest BCUT2D eigenvalue weighted by molar-refractivity contribution is -0.138. The average Bonchev–Trinajstić information content (AvgIpc) is 2.44. The molecule has 0 saturated heterocycles. The molecular weight excluding hydrogens is 278 g/mol. The number of hydrogen-bond acceptors (Lipinski definition) is 3. The van der Waals surface area contributed by atoms with Gasteiger partial charge in [-0.15, -0.1) is 0 Å². The first kappa shape index (κ1) is 16.2. The van der Waals surface area contributed by atoms with Crippen LogP contribution in [0.2, 0.25) is 5.02 Å². The Morgan fingerprint density at radius 3 is 2.55 bits per heavy atom. The lowest BCUT2D eigenvalue weighted by Gasteiger charge is -2.02. The molecular formula is C15H18ClNO3. The number of anilines is 1. The molecule has 0 aliphatic heterocycles. The van der Waals surface area contributed by atoms with E-state index in [0.717, 1.165) is 31.4 Å². The highest BCUT2D eigenvalue weighted by Crippen LogP contribution is 2.13. The number of carbonyl (C=O) groups excluding carboxylic acids is 2. The van der Waals surface area contributed by atoms with Crippen molar-refractivity contribution in [3.63, 3.8) is 0 Å². The Kier molecular flexibility index (Phi) is 7.43. The van der Waals surface area contributed by atoms with Gasteiger partial charge in [0.1, 0.15) is 0 Å². The second-order valence-electron chi connectivity index (χ2n) is 4.20. The molecule has 108 valence electrons. The van der Waals surface area contributed by atoms with E-state index in [1.165, 1.54) is 0 Å². The molecule has 0 spiro atoms. The summed E-state index contributed by atoms with van der Waals surface area (Å²) in [5.41, 5.74) is 0.611. The number of hydrogen-bond donors (Lipinski definition) is 1. The Morgan fingerprint density at radius 1 is 1.20 bits per heavy atom. The molecule has 1 amide bonds. The van der Waals surface area contributed by atoms with Gasteiger partial charge in [-0.2, -0.15) is 0 Å². The van der Waals surface area contributed by atoms with Crippen LogP contribution in [0.5, 0.6) is 0 Å². The number of carbonyl (C=O) groups is 2. The molecule has 5 heteroatoms. The summed E-state index contributed by atoms with van der Waals surface area (Å²) >= 11 is 5.73. The van der Waals surface area contributed by atoms with Gasteiger partial charge >= 0.3 is 5.97 Å². The van der Waals surface area contributed by atoms with Crippen molar-refractivity contribution in [1.29, 1.82) is 0 Å². The zero-order chi connectivity index (χ0) is 14.8. The van der Waals surface area contributed by atoms with Crippen molar-refractivity contribution in [2.24, 2.45) is 0 Å². The predicted molar refractivity (Wildman–Crippen MR) is 79.7 cm³/mol. The summed E-state index contributed by atoms with van der Waals surface area (Å²) in [6, 6.07) is 6.69. The fourth-order valence-electron chi connectivity index (χ4n) is 1.43. The number of ether oxygens (including phenoxy) is 1. The molecule has 0 fully saturated rings. The Hall–Kier alpha value is -1.81. The zero-order valence-corrected chi connectivity index (χ0v) is 12.2. The van der Waals surface area contributed by atoms with E-state index in [4.69, 9.17) is 16.3 Å². The van der Waals surface area contributed by atoms with Crippen molar-refractivity contribution in [3.05, 3.63) is 41.4 Å². The van der Waals surface area contributed by atoms with Gasteiger partial charge in [-0.05, 0) is 30.7 Å². The molecule has 0 radical (unpaired) electrons. The summed E-state index contributed by atoms with van der Waals surface area (Å²) < 4.78 is 4.94. The normalized spacial score (nSPS) is 10.5. The largest absolute Gasteiger partial charge is 0.463 e. The van der Waals surface area contributed by atoms with Crippen LogP contribution in [-0.2, 0) is 14.3 Å². The molecule has 1 N–H and O–H groups in total. The summed E-state index contributed by atoms with van der Waals surface area (Å²) in [5.74, 6) is -0.898. The van der Waals surface area contributed by atoms with Gasteiger partial charge in [0.25, 0.3) is 0 Å². The van der Waals surface area contributed by atoms with Gasteiger partial charge in [0.2, 0.25) is 5.91 Å². The predicted octanol–water partition coefficient (Wildman–Crippen LogP) is 3.57. The highest BCUT2D eigenvalue weighted by molar-refractivity contribution is 6.30. The summed E-state index contributed by atoms with van der Waals surface area (Å²) in [6.07, 6.45) is 5.20. The summed E-state index contributed by atoms with van der Waals surface area (Å²) in [5, 5.41) is 3.20. The van der Waals surface area contributed by atoms with Crippen LogP contribution in [0.1, 0.15) is 26.2 Å². The second kappa shape index (κ2) is 9.15. The number of unbranched alkanes of at least 4 members (excludes halogenated alkanes) is 2. The minimum Gasteiger partial charge on any atom is -0.463 e. The van der Waals surface area contributed by atoms with Crippen LogP contribution >= 0.6 is 11.6 Å². The van der Waals surface area contributed by atoms with Crippen molar-refractivity contribution in [3.8, 4) is 0 Å². The van der Waals surface area contributed by atoms with Gasteiger partial charge in [0.05, 0.1) is 6.61 Å². The smallest absolute Gasteiger partial charge is 0.330 e. The van der Waals surface area contributed by atoms with Gasteiger partial charge in [0.15, 0.2) is 0 Å². The Bertz CT molecular complexity index is 469. The van der Waals surface area contributed by atoms with Crippen molar-refractivity contribution < 1.29 is 14.3 Å². The number of halogens is 1. The van der Waals surface area contributed by atoms with E-state index in [2.05, 4.69) is 12.2 Å². The van der Waals surface area contributed by atoms with Crippen molar-refractivity contribution in [2.45, 2.75) is 26.2 Å². The first-order valence-electron chi connectivity index (χ1n) is 6.53. The third kappa shape index (κ3) is 6.95. The molecule has 0 atom stereocenters. The second-order valence-corrected chi connectivity index (χ2v) is 4.64. The molecule has 1 rings (SSSR count). The highest BCUT2D eigenvalue weighted by atomic mass is 35.5. The van der Waals surface area contributed by atoms with Crippen molar-refractivity contribution >= 4 is 29.2 Å². The molecule has 0 unspecified atom stereocenters. The number of rotatable bonds is 7. The van der Waals surface area contributed by atoms with Gasteiger partial charge in [-0.25, -0.2) is 4.79 Å². The minimum absolute atomic E-state index is 0.385. The maximum absolute atomic E-state index is 11.5. The fourth-order valence-corrected chi connectivity index (χ4v) is 1.56. The molecule has 1 aromatic rings. The topological polar surface area (TPSA) is 55.4 Å². The maximum atomic E-state index is 11.5. The average molecular weight is 296 g/mol. The lowest BCUT2D eigenvalue weighted by atomic mass is 10.3. The molecule has 0 aromatic heterocycles. The fraction of sp³-hybridized carbons (Fsp3) is 0.333. The number of benzene rings is 1. The third-order valence-electron chi connectivity index (χ3n) is 2.47. The third-order valence-corrected chi connectivity index (χ3v) is 2.73. The van der Waals surface area contributed by atoms with E-state index in [0.29, 0.717) is 17.3 Å². The summed E-state index contributed by atoms with van der Waals surface area (Å²) in [6.45, 7) is 2.46. The van der Waals surface area contributed by atoms with Crippen LogP contribution in [0.15, 0.2) is 36.4 Å². The van der Waals surface area contributed by atoms with Gasteiger partial charge < -0.3 is 10.1 Å². The van der Waals surface area contributed by atoms with E-state index < -0.39 is 11.9 Å². The first-order chi connectivity index (χ1) is 9.61. The highest BCUT2D eigenvalue weighted by Gasteiger charge is 2.01. The molecule has 0 bridgehead atoms. The quantitative estimate of drug-likeness (QED) is 0.475. The van der Waals surface area contributed by atoms with Crippen LogP contribution in [0.4, 0.5) is 5.69 Å². The Labute approximate surface area is 123 Å². The van der Waals surface area contributed by atoms with Crippen LogP contribution in [0, 0.1) is 0 Å². The first-order valence-corrected chi connectivity index (χ1v) is 6.91. The lowest BCUT2D eigenvalue weighted by Crippen LogP contribution is -2.09. The standard InChI is InChI=1S/C15H18ClNO3/c1-2-3-4-11-20-15(19)10-9-14(18)17-13-7-5-12(16)6-8-13/h5-10H,2-4,11H2,1H3,(H,17,18)/b10-9+. The van der Waals surface area contributed by atoms with Crippen molar-refractivity contribution in [1.82, 2.24) is 0 Å². The van der Waals surface area contributed by atoms with Crippen LogP contribution < -0.4 is 5.32 Å². The van der Waals surface area contributed by atoms with E-state index >= 15 is 0 Å². The van der Waals surface area contributed by atoms with E-state index in [-0.39, 0.29) is 0 Å². The van der Waals surface area contributed by atoms with Gasteiger partial charge in [-0.1, -0.05) is 31.4 Å². The van der Waals surface area contributed by atoms with Crippen LogP contribution in [0.3, 0.4) is 0 Å². The molecule has 1 aromatic carbocycles. The number of esters is 1. The summed E-state index contributed by atoms with van der Waals surface area (Å²) in [4.78, 5) is 22.8. The van der Waals surface area contributed by atoms with Crippen molar-refractivity contribution in [2.75, 3.05) is 11.9 Å². The van der Waals surface area contributed by atoms with Gasteiger partial charge in [-0.3, -0.25) is 4.79 Å². The monoisotopic (exact) mass is 295 g/mol. The molecule has 0 aliphatic rings. The summed E-state index contributed by atoms with van der Waals surface area (Å²) in [7, 11) is 0. The number of amides is 1. The molecule has 4 nitrogen and oxygen atoms in total.